The van der Waals surface area contributed by atoms with Gasteiger partial charge in [-0.25, -0.2) is 0 Å². The van der Waals surface area contributed by atoms with Crippen LogP contribution in [0.5, 0.6) is 5.75 Å². The Hall–Kier alpha value is -2.66. The van der Waals surface area contributed by atoms with Crippen molar-refractivity contribution in [2.45, 2.75) is 64.0 Å². The van der Waals surface area contributed by atoms with Gasteiger partial charge in [-0.1, -0.05) is 18.2 Å². The summed E-state index contributed by atoms with van der Waals surface area (Å²) < 4.78 is 7.72. The molecule has 6 bridgehead atoms. The van der Waals surface area contributed by atoms with Gasteiger partial charge < -0.3 is 9.30 Å². The summed E-state index contributed by atoms with van der Waals surface area (Å²) in [6.45, 7) is 3.57. The quantitative estimate of drug-likeness (QED) is 0.509. The number of rotatable bonds is 6. The SMILES string of the molecule is COc1ccc(/C=C/C(=O)C23CC4CC(CC(C4)C2)C3)cc1CN1C[C@@H]2C[C@H](C1)c1cccc(=O)n1C2. The highest BCUT2D eigenvalue weighted by molar-refractivity contribution is 5.98. The third kappa shape index (κ3) is 4.20. The molecule has 0 spiro atoms. The van der Waals surface area contributed by atoms with Gasteiger partial charge in [0.05, 0.1) is 7.11 Å². The van der Waals surface area contributed by atoms with Gasteiger partial charge in [-0.2, -0.15) is 0 Å². The number of ketones is 1. The number of allylic oxidation sites excluding steroid dienone is 1. The van der Waals surface area contributed by atoms with Gasteiger partial charge in [0.1, 0.15) is 5.75 Å². The summed E-state index contributed by atoms with van der Waals surface area (Å²) in [4.78, 5) is 28.4. The van der Waals surface area contributed by atoms with E-state index in [4.69, 9.17) is 4.74 Å². The highest BCUT2D eigenvalue weighted by atomic mass is 16.5. The number of ether oxygens (including phenoxy) is 1. The van der Waals surface area contributed by atoms with E-state index in [1.165, 1.54) is 25.0 Å². The van der Waals surface area contributed by atoms with Gasteiger partial charge in [0, 0.05) is 54.8 Å². The van der Waals surface area contributed by atoms with E-state index < -0.39 is 0 Å². The fraction of sp³-hybridized carbons (Fsp3) is 0.562. The normalized spacial score (nSPS) is 34.0. The van der Waals surface area contributed by atoms with Crippen molar-refractivity contribution in [1.29, 1.82) is 0 Å². The largest absolute Gasteiger partial charge is 0.496 e. The van der Waals surface area contributed by atoms with Crippen LogP contribution in [0.2, 0.25) is 0 Å². The average Bonchev–Trinajstić information content (AvgIpc) is 2.87. The van der Waals surface area contributed by atoms with Gasteiger partial charge in [-0.05, 0) is 98.5 Å². The minimum atomic E-state index is -0.0790. The van der Waals surface area contributed by atoms with E-state index in [1.54, 1.807) is 13.2 Å². The summed E-state index contributed by atoms with van der Waals surface area (Å²) in [5, 5.41) is 0. The molecule has 0 amide bonds. The van der Waals surface area contributed by atoms with Crippen molar-refractivity contribution in [1.82, 2.24) is 9.47 Å². The molecule has 0 radical (unpaired) electrons. The molecule has 4 saturated carbocycles. The molecule has 2 aliphatic heterocycles. The number of fused-ring (bicyclic) bond motifs is 4. The molecule has 2 aromatic rings. The molecule has 2 atom stereocenters. The number of hydrogen-bond donors (Lipinski definition) is 0. The predicted octanol–water partition coefficient (Wildman–Crippen LogP) is 5.27. The molecule has 1 aromatic heterocycles. The predicted molar refractivity (Wildman–Crippen MR) is 144 cm³/mol. The Morgan fingerprint density at radius 1 is 0.973 bits per heavy atom. The fourth-order valence-electron chi connectivity index (χ4n) is 9.15. The van der Waals surface area contributed by atoms with Gasteiger partial charge >= 0.3 is 0 Å². The van der Waals surface area contributed by atoms with Crippen LogP contribution in [-0.4, -0.2) is 35.4 Å². The topological polar surface area (TPSA) is 51.5 Å². The molecule has 194 valence electrons. The van der Waals surface area contributed by atoms with E-state index in [-0.39, 0.29) is 11.0 Å². The lowest BCUT2D eigenvalue weighted by molar-refractivity contribution is -0.138. The fourth-order valence-corrected chi connectivity index (χ4v) is 9.15. The van der Waals surface area contributed by atoms with Crippen molar-refractivity contribution < 1.29 is 9.53 Å². The Kier molecular flexibility index (Phi) is 5.69. The monoisotopic (exact) mass is 498 g/mol. The maximum Gasteiger partial charge on any atom is 0.250 e. The standard InChI is InChI=1S/C32H38N2O3/c1-37-29-7-5-21(6-8-30(35)32-14-22-9-23(15-32)11-24(10-22)16-32)12-27(29)20-33-17-25-13-26(19-33)28-3-2-4-31(36)34(28)18-25/h2-8,12,22-26H,9-11,13-20H2,1H3/b8-6+/t22?,23?,24?,25-,26+,32?/m0/s1. The first-order valence-corrected chi connectivity index (χ1v) is 14.3. The van der Waals surface area contributed by atoms with Gasteiger partial charge in [0.2, 0.25) is 0 Å². The second kappa shape index (κ2) is 8.97. The van der Waals surface area contributed by atoms with Crippen molar-refractivity contribution in [3.63, 3.8) is 0 Å². The third-order valence-corrected chi connectivity index (χ3v) is 10.2. The first-order valence-electron chi connectivity index (χ1n) is 14.3. The number of aromatic nitrogens is 1. The van der Waals surface area contributed by atoms with E-state index in [9.17, 15) is 9.59 Å². The minimum absolute atomic E-state index is 0.0790. The van der Waals surface area contributed by atoms with Gasteiger partial charge in [0.25, 0.3) is 5.56 Å². The molecular formula is C32H38N2O3. The van der Waals surface area contributed by atoms with Crippen LogP contribution >= 0.6 is 0 Å². The molecule has 5 nitrogen and oxygen atoms in total. The number of nitrogens with zero attached hydrogens (tertiary/aromatic N) is 2. The maximum atomic E-state index is 13.5. The lowest BCUT2D eigenvalue weighted by Crippen LogP contribution is -2.49. The van der Waals surface area contributed by atoms with Crippen LogP contribution in [-0.2, 0) is 17.9 Å². The lowest BCUT2D eigenvalue weighted by Gasteiger charge is -2.55. The zero-order chi connectivity index (χ0) is 25.1. The molecule has 6 aliphatic rings. The maximum absolute atomic E-state index is 13.5. The first-order chi connectivity index (χ1) is 18.0. The highest BCUT2D eigenvalue weighted by Crippen LogP contribution is 2.60. The van der Waals surface area contributed by atoms with E-state index in [0.717, 1.165) is 86.5 Å². The van der Waals surface area contributed by atoms with Crippen LogP contribution < -0.4 is 10.3 Å². The number of benzene rings is 1. The highest BCUT2D eigenvalue weighted by Gasteiger charge is 2.53. The lowest BCUT2D eigenvalue weighted by atomic mass is 9.48. The summed E-state index contributed by atoms with van der Waals surface area (Å²) in [7, 11) is 1.73. The van der Waals surface area contributed by atoms with Gasteiger partial charge in [-0.15, -0.1) is 0 Å². The second-order valence-electron chi connectivity index (χ2n) is 12.9. The van der Waals surface area contributed by atoms with Crippen molar-refractivity contribution >= 4 is 11.9 Å². The molecule has 4 aliphatic carbocycles. The zero-order valence-electron chi connectivity index (χ0n) is 21.9. The Morgan fingerprint density at radius 2 is 1.73 bits per heavy atom. The molecule has 5 fully saturated rings. The number of methoxy groups -OCH3 is 1. The molecular weight excluding hydrogens is 460 g/mol. The van der Waals surface area contributed by atoms with E-state index in [2.05, 4.69) is 23.1 Å². The summed E-state index contributed by atoms with van der Waals surface area (Å²) >= 11 is 0. The number of carbonyl (C=O) groups is 1. The minimum Gasteiger partial charge on any atom is -0.496 e. The van der Waals surface area contributed by atoms with Crippen LogP contribution in [0.1, 0.15) is 67.7 Å². The third-order valence-electron chi connectivity index (χ3n) is 10.2. The number of piperidine rings is 1. The number of likely N-dealkylation sites (tertiary alicyclic amines) is 1. The molecule has 1 saturated heterocycles. The van der Waals surface area contributed by atoms with Gasteiger partial charge in [0.15, 0.2) is 5.78 Å². The molecule has 5 heteroatoms. The van der Waals surface area contributed by atoms with E-state index in [0.29, 0.717) is 17.6 Å². The smallest absolute Gasteiger partial charge is 0.250 e. The van der Waals surface area contributed by atoms with Crippen molar-refractivity contribution in [2.24, 2.45) is 29.1 Å². The van der Waals surface area contributed by atoms with E-state index >= 15 is 0 Å². The van der Waals surface area contributed by atoms with Crippen LogP contribution in [0.4, 0.5) is 0 Å². The Labute approximate surface area is 219 Å². The van der Waals surface area contributed by atoms with Crippen molar-refractivity contribution in [3.8, 4) is 5.75 Å². The van der Waals surface area contributed by atoms with Crippen molar-refractivity contribution in [3.05, 3.63) is 69.6 Å². The first kappa shape index (κ1) is 23.5. The summed E-state index contributed by atoms with van der Waals surface area (Å²) in [5.41, 5.74) is 3.47. The summed E-state index contributed by atoms with van der Waals surface area (Å²) in [5.74, 6) is 4.51. The zero-order valence-corrected chi connectivity index (χ0v) is 21.9. The van der Waals surface area contributed by atoms with Crippen molar-refractivity contribution in [2.75, 3.05) is 20.2 Å². The average molecular weight is 499 g/mol. The molecule has 1 aromatic carbocycles. The Morgan fingerprint density at radius 3 is 2.46 bits per heavy atom. The van der Waals surface area contributed by atoms with Crippen LogP contribution in [0.25, 0.3) is 6.08 Å². The summed E-state index contributed by atoms with van der Waals surface area (Å²) in [6.07, 6.45) is 12.5. The van der Waals surface area contributed by atoms with Crippen LogP contribution in [0, 0.1) is 29.1 Å². The Balaban J connectivity index is 1.08. The van der Waals surface area contributed by atoms with Gasteiger partial charge in [-0.3, -0.25) is 14.5 Å². The van der Waals surface area contributed by atoms with Crippen LogP contribution in [0.15, 0.2) is 47.3 Å². The molecule has 3 heterocycles. The molecule has 8 rings (SSSR count). The Bertz CT molecular complexity index is 1270. The number of pyridine rings is 1. The summed E-state index contributed by atoms with van der Waals surface area (Å²) in [6, 6.07) is 12.0. The molecule has 37 heavy (non-hydrogen) atoms. The van der Waals surface area contributed by atoms with Crippen LogP contribution in [0.3, 0.4) is 0 Å². The second-order valence-corrected chi connectivity index (χ2v) is 12.9. The molecule has 0 N–H and O–H groups in total. The van der Waals surface area contributed by atoms with E-state index in [1.807, 2.05) is 28.9 Å². The number of carbonyl (C=O) groups excluding carboxylic acids is 1. The molecule has 0 unspecified atom stereocenters. The number of hydrogen-bond acceptors (Lipinski definition) is 4.